The van der Waals surface area contributed by atoms with E-state index in [1.165, 1.54) is 6.07 Å². The summed E-state index contributed by atoms with van der Waals surface area (Å²) in [6.45, 7) is 1.55. The van der Waals surface area contributed by atoms with E-state index in [9.17, 15) is 27.6 Å². The first-order valence-corrected chi connectivity index (χ1v) is 16.2. The van der Waals surface area contributed by atoms with E-state index in [0.717, 1.165) is 35.0 Å². The van der Waals surface area contributed by atoms with Crippen molar-refractivity contribution in [2.24, 2.45) is 0 Å². The van der Waals surface area contributed by atoms with Crippen LogP contribution in [0.5, 0.6) is 0 Å². The standard InChI is InChI=1S/C38H29ClF3N3O3S/c1-24(35(46)44-33-20-19-29(39)22-32(33)38(40,41)42)49-31-14-8-13-30(23-31)43-37(48)34(45-36(47)28-11-6-3-7-12-28)21-25-15-17-27(18-16-25)26-9-4-2-5-10-26/h2-24H,1H3,(H,43,48)(H,44,46)(H,45,47)/b34-21+. The lowest BCUT2D eigenvalue weighted by Crippen LogP contribution is -2.30. The summed E-state index contributed by atoms with van der Waals surface area (Å²) in [5, 5.41) is 6.94. The SMILES string of the molecule is CC(Sc1cccc(NC(=O)/C(=C\c2ccc(-c3ccccc3)cc2)NC(=O)c2ccccc2)c1)C(=O)Nc1ccc(Cl)cc1C(F)(F)F. The van der Waals surface area contributed by atoms with Crippen LogP contribution in [0.3, 0.4) is 0 Å². The number of halogens is 4. The number of thioether (sulfide) groups is 1. The maximum Gasteiger partial charge on any atom is 0.418 e. The Balaban J connectivity index is 1.32. The van der Waals surface area contributed by atoms with Crippen molar-refractivity contribution >= 4 is 58.5 Å². The molecule has 0 aromatic heterocycles. The van der Waals surface area contributed by atoms with E-state index in [0.29, 0.717) is 21.7 Å². The third-order valence-electron chi connectivity index (χ3n) is 7.18. The number of hydrogen-bond acceptors (Lipinski definition) is 4. The molecule has 1 unspecified atom stereocenters. The molecule has 248 valence electrons. The number of alkyl halides is 3. The second kappa shape index (κ2) is 15.7. The highest BCUT2D eigenvalue weighted by atomic mass is 35.5. The quantitative estimate of drug-likeness (QED) is 0.100. The predicted octanol–water partition coefficient (Wildman–Crippen LogP) is 9.55. The van der Waals surface area contributed by atoms with E-state index in [2.05, 4.69) is 16.0 Å². The first-order chi connectivity index (χ1) is 23.5. The number of amides is 3. The Kier molecular flexibility index (Phi) is 11.2. The van der Waals surface area contributed by atoms with Crippen LogP contribution in [0.2, 0.25) is 5.02 Å². The van der Waals surface area contributed by atoms with Crippen molar-refractivity contribution in [1.29, 1.82) is 0 Å². The molecule has 0 aliphatic carbocycles. The minimum absolute atomic E-state index is 0.00412. The lowest BCUT2D eigenvalue weighted by molar-refractivity contribution is -0.137. The Hall–Kier alpha value is -5.32. The number of benzene rings is 5. The van der Waals surface area contributed by atoms with Gasteiger partial charge >= 0.3 is 6.18 Å². The number of anilines is 2. The van der Waals surface area contributed by atoms with Gasteiger partial charge in [0.15, 0.2) is 0 Å². The number of carbonyl (C=O) groups is 3. The van der Waals surface area contributed by atoms with Crippen LogP contribution in [0.25, 0.3) is 17.2 Å². The average molecular weight is 700 g/mol. The van der Waals surface area contributed by atoms with Gasteiger partial charge in [-0.15, -0.1) is 11.8 Å². The highest BCUT2D eigenvalue weighted by Gasteiger charge is 2.34. The Morgan fingerprint density at radius 1 is 0.755 bits per heavy atom. The number of hydrogen-bond donors (Lipinski definition) is 3. The maximum absolute atomic E-state index is 13.6. The zero-order chi connectivity index (χ0) is 35.0. The summed E-state index contributed by atoms with van der Waals surface area (Å²) in [5.74, 6) is -1.72. The van der Waals surface area contributed by atoms with Crippen LogP contribution in [0, 0.1) is 0 Å². The first kappa shape index (κ1) is 35.0. The van der Waals surface area contributed by atoms with Gasteiger partial charge in [-0.1, -0.05) is 90.5 Å². The lowest BCUT2D eigenvalue weighted by Gasteiger charge is -2.17. The molecule has 0 fully saturated rings. The molecular weight excluding hydrogens is 671 g/mol. The molecule has 0 heterocycles. The molecule has 5 aromatic carbocycles. The van der Waals surface area contributed by atoms with Crippen molar-refractivity contribution in [3.05, 3.63) is 155 Å². The normalized spacial score (nSPS) is 12.1. The molecule has 0 aliphatic heterocycles. The molecule has 3 N–H and O–H groups in total. The van der Waals surface area contributed by atoms with Crippen LogP contribution in [0.1, 0.15) is 28.4 Å². The van der Waals surface area contributed by atoms with Gasteiger partial charge in [0.2, 0.25) is 5.91 Å². The third kappa shape index (κ3) is 9.62. The Bertz CT molecular complexity index is 1990. The van der Waals surface area contributed by atoms with Crippen molar-refractivity contribution in [2.75, 3.05) is 10.6 Å². The Morgan fingerprint density at radius 3 is 2.08 bits per heavy atom. The second-order valence-electron chi connectivity index (χ2n) is 10.8. The molecule has 49 heavy (non-hydrogen) atoms. The first-order valence-electron chi connectivity index (χ1n) is 15.0. The molecule has 0 aliphatic rings. The van der Waals surface area contributed by atoms with Crippen LogP contribution >= 0.6 is 23.4 Å². The van der Waals surface area contributed by atoms with Gasteiger partial charge in [0.25, 0.3) is 11.8 Å². The van der Waals surface area contributed by atoms with Gasteiger partial charge in [0.05, 0.1) is 16.5 Å². The average Bonchev–Trinajstić information content (AvgIpc) is 3.09. The van der Waals surface area contributed by atoms with E-state index < -0.39 is 40.4 Å². The molecule has 3 amide bonds. The molecule has 0 spiro atoms. The Labute approximate surface area is 290 Å². The summed E-state index contributed by atoms with van der Waals surface area (Å²) in [6, 6.07) is 35.6. The van der Waals surface area contributed by atoms with Gasteiger partial charge in [-0.3, -0.25) is 14.4 Å². The van der Waals surface area contributed by atoms with E-state index >= 15 is 0 Å². The minimum Gasteiger partial charge on any atom is -0.325 e. The van der Waals surface area contributed by atoms with Gasteiger partial charge in [-0.2, -0.15) is 13.2 Å². The molecule has 0 bridgehead atoms. The molecular formula is C38H29ClF3N3O3S. The smallest absolute Gasteiger partial charge is 0.325 e. The van der Waals surface area contributed by atoms with Crippen LogP contribution in [0.15, 0.2) is 138 Å². The van der Waals surface area contributed by atoms with Crippen LogP contribution < -0.4 is 16.0 Å². The fourth-order valence-corrected chi connectivity index (χ4v) is 5.81. The van der Waals surface area contributed by atoms with Gasteiger partial charge in [-0.05, 0) is 78.2 Å². The molecule has 5 aromatic rings. The van der Waals surface area contributed by atoms with Crippen LogP contribution in [0.4, 0.5) is 24.5 Å². The zero-order valence-electron chi connectivity index (χ0n) is 25.9. The topological polar surface area (TPSA) is 87.3 Å². The van der Waals surface area contributed by atoms with E-state index in [1.54, 1.807) is 67.6 Å². The summed E-state index contributed by atoms with van der Waals surface area (Å²) < 4.78 is 40.5. The molecule has 11 heteroatoms. The van der Waals surface area contributed by atoms with Crippen molar-refractivity contribution in [1.82, 2.24) is 5.32 Å². The van der Waals surface area contributed by atoms with Gasteiger partial charge < -0.3 is 16.0 Å². The van der Waals surface area contributed by atoms with Crippen molar-refractivity contribution in [2.45, 2.75) is 23.2 Å². The molecule has 0 radical (unpaired) electrons. The molecule has 0 saturated carbocycles. The van der Waals surface area contributed by atoms with Crippen LogP contribution in [-0.4, -0.2) is 23.0 Å². The maximum atomic E-state index is 13.6. The zero-order valence-corrected chi connectivity index (χ0v) is 27.5. The number of nitrogens with one attached hydrogen (secondary N) is 3. The summed E-state index contributed by atoms with van der Waals surface area (Å²) in [6.07, 6.45) is -3.14. The third-order valence-corrected chi connectivity index (χ3v) is 8.51. The van der Waals surface area contributed by atoms with Crippen LogP contribution in [-0.2, 0) is 15.8 Å². The predicted molar refractivity (Wildman–Crippen MR) is 189 cm³/mol. The minimum atomic E-state index is -4.71. The molecule has 6 nitrogen and oxygen atoms in total. The van der Waals surface area contributed by atoms with E-state index in [4.69, 9.17) is 11.6 Å². The monoisotopic (exact) mass is 699 g/mol. The second-order valence-corrected chi connectivity index (χ2v) is 12.6. The fraction of sp³-hybridized carbons (Fsp3) is 0.0789. The molecule has 0 saturated heterocycles. The van der Waals surface area contributed by atoms with Crippen molar-refractivity contribution in [3.63, 3.8) is 0 Å². The van der Waals surface area contributed by atoms with Gasteiger partial charge in [-0.25, -0.2) is 0 Å². The number of rotatable bonds is 10. The highest BCUT2D eigenvalue weighted by molar-refractivity contribution is 8.00. The van der Waals surface area contributed by atoms with E-state index in [-0.39, 0.29) is 10.7 Å². The largest absolute Gasteiger partial charge is 0.418 e. The molecule has 5 rings (SSSR count). The Morgan fingerprint density at radius 2 is 1.41 bits per heavy atom. The van der Waals surface area contributed by atoms with Gasteiger partial charge in [0, 0.05) is 21.2 Å². The van der Waals surface area contributed by atoms with Gasteiger partial charge in [0.1, 0.15) is 5.70 Å². The van der Waals surface area contributed by atoms with Crippen molar-refractivity contribution in [3.8, 4) is 11.1 Å². The summed E-state index contributed by atoms with van der Waals surface area (Å²) in [4.78, 5) is 40.1. The van der Waals surface area contributed by atoms with E-state index in [1.807, 2.05) is 54.6 Å². The molecule has 1 atom stereocenters. The summed E-state index contributed by atoms with van der Waals surface area (Å²) >= 11 is 6.84. The highest BCUT2D eigenvalue weighted by Crippen LogP contribution is 2.37. The fourth-order valence-electron chi connectivity index (χ4n) is 4.71. The summed E-state index contributed by atoms with van der Waals surface area (Å²) in [7, 11) is 0. The van der Waals surface area contributed by atoms with Crippen molar-refractivity contribution < 1.29 is 27.6 Å². The number of carbonyl (C=O) groups excluding carboxylic acids is 3. The lowest BCUT2D eigenvalue weighted by atomic mass is 10.0. The summed E-state index contributed by atoms with van der Waals surface area (Å²) in [5.41, 5.74) is 1.99.